The van der Waals surface area contributed by atoms with Crippen molar-refractivity contribution < 1.29 is 27.9 Å². The zero-order valence-electron chi connectivity index (χ0n) is 14.9. The molecule has 7 nitrogen and oxygen atoms in total. The summed E-state index contributed by atoms with van der Waals surface area (Å²) in [5.41, 5.74) is 1.98. The van der Waals surface area contributed by atoms with E-state index in [1.54, 1.807) is 6.08 Å². The molecule has 0 aliphatic heterocycles. The highest BCUT2D eigenvalue weighted by Gasteiger charge is 2.18. The van der Waals surface area contributed by atoms with Crippen molar-refractivity contribution in [2.24, 2.45) is 0 Å². The number of nitrogens with one attached hydrogen (secondary N) is 1. The first-order valence-electron chi connectivity index (χ1n) is 8.48. The minimum Gasteiger partial charge on any atom is -0.478 e. The number of aromatic carboxylic acids is 1. The summed E-state index contributed by atoms with van der Waals surface area (Å²) in [5, 5.41) is 8.82. The Labute approximate surface area is 157 Å². The van der Waals surface area contributed by atoms with Gasteiger partial charge in [0.1, 0.15) is 0 Å². The summed E-state index contributed by atoms with van der Waals surface area (Å²) in [4.78, 5) is 33.8. The van der Waals surface area contributed by atoms with Gasteiger partial charge in [0.25, 0.3) is 10.0 Å². The number of amides is 1. The van der Waals surface area contributed by atoms with E-state index < -0.39 is 21.9 Å². The van der Waals surface area contributed by atoms with Crippen LogP contribution in [0.25, 0.3) is 0 Å². The van der Waals surface area contributed by atoms with Gasteiger partial charge in [-0.1, -0.05) is 6.08 Å². The summed E-state index contributed by atoms with van der Waals surface area (Å²) >= 11 is 0. The lowest BCUT2D eigenvalue weighted by atomic mass is 9.94. The van der Waals surface area contributed by atoms with Gasteiger partial charge in [-0.2, -0.15) is 0 Å². The molecular formula is C19H21NO6S. The number of ketones is 1. The molecule has 0 radical (unpaired) electrons. The molecule has 144 valence electrons. The second-order valence-electron chi connectivity index (χ2n) is 6.29. The second-order valence-corrected chi connectivity index (χ2v) is 7.97. The minimum absolute atomic E-state index is 0.0386. The number of carboxylic acid groups (broad SMARTS) is 1. The average Bonchev–Trinajstić information content (AvgIpc) is 2.60. The van der Waals surface area contributed by atoms with Crippen LogP contribution in [0.3, 0.4) is 0 Å². The molecule has 2 N–H and O–H groups in total. The van der Waals surface area contributed by atoms with Crippen molar-refractivity contribution in [1.82, 2.24) is 4.72 Å². The summed E-state index contributed by atoms with van der Waals surface area (Å²) in [7, 11) is -4.02. The van der Waals surface area contributed by atoms with Crippen LogP contribution in [0.4, 0.5) is 0 Å². The molecule has 0 spiro atoms. The third-order valence-corrected chi connectivity index (χ3v) is 5.58. The number of sulfonamides is 1. The number of benzene rings is 1. The lowest BCUT2D eigenvalue weighted by Crippen LogP contribution is -2.30. The molecule has 1 aliphatic carbocycles. The number of rotatable bonds is 8. The van der Waals surface area contributed by atoms with Crippen LogP contribution in [-0.4, -0.2) is 31.2 Å². The number of unbranched alkanes of at least 4 members (excludes halogenated alkanes) is 1. The van der Waals surface area contributed by atoms with Gasteiger partial charge in [-0.25, -0.2) is 17.9 Å². The maximum atomic E-state index is 12.1. The van der Waals surface area contributed by atoms with E-state index in [0.717, 1.165) is 29.7 Å². The van der Waals surface area contributed by atoms with Crippen molar-refractivity contribution in [3.63, 3.8) is 0 Å². The Morgan fingerprint density at radius 2 is 1.81 bits per heavy atom. The van der Waals surface area contributed by atoms with Crippen molar-refractivity contribution in [1.29, 1.82) is 0 Å². The number of carboxylic acids is 1. The van der Waals surface area contributed by atoms with Gasteiger partial charge >= 0.3 is 5.97 Å². The normalized spacial score (nSPS) is 14.3. The van der Waals surface area contributed by atoms with Crippen molar-refractivity contribution in [3.8, 4) is 0 Å². The Balaban J connectivity index is 1.82. The molecule has 0 fully saturated rings. The van der Waals surface area contributed by atoms with Crippen LogP contribution in [0.2, 0.25) is 0 Å². The number of hydrogen-bond donors (Lipinski definition) is 2. The third-order valence-electron chi connectivity index (χ3n) is 4.19. The highest BCUT2D eigenvalue weighted by Crippen LogP contribution is 2.22. The first kappa shape index (κ1) is 20.6. The average molecular weight is 391 g/mol. The smallest absolute Gasteiger partial charge is 0.335 e. The van der Waals surface area contributed by atoms with Crippen molar-refractivity contribution in [3.05, 3.63) is 53.1 Å². The van der Waals surface area contributed by atoms with Gasteiger partial charge in [-0.15, -0.1) is 0 Å². The second kappa shape index (κ2) is 8.77. The van der Waals surface area contributed by atoms with E-state index in [2.05, 4.69) is 0 Å². The van der Waals surface area contributed by atoms with E-state index in [4.69, 9.17) is 5.11 Å². The number of allylic oxidation sites excluding steroid dienone is 4. The molecule has 1 aromatic carbocycles. The lowest BCUT2D eigenvalue weighted by molar-refractivity contribution is -0.119. The van der Waals surface area contributed by atoms with E-state index in [1.807, 2.05) is 17.7 Å². The number of carbonyl (C=O) groups is 3. The van der Waals surface area contributed by atoms with E-state index in [-0.39, 0.29) is 22.7 Å². The molecule has 0 heterocycles. The lowest BCUT2D eigenvalue weighted by Gasteiger charge is -2.12. The summed E-state index contributed by atoms with van der Waals surface area (Å²) < 4.78 is 26.3. The van der Waals surface area contributed by atoms with Crippen LogP contribution in [0.15, 0.2) is 52.5 Å². The van der Waals surface area contributed by atoms with Gasteiger partial charge in [0, 0.05) is 12.8 Å². The van der Waals surface area contributed by atoms with E-state index in [0.29, 0.717) is 19.3 Å². The maximum absolute atomic E-state index is 12.1. The largest absolute Gasteiger partial charge is 0.478 e. The zero-order chi connectivity index (χ0) is 20.0. The molecule has 2 rings (SSSR count). The van der Waals surface area contributed by atoms with Gasteiger partial charge in [0.15, 0.2) is 5.78 Å². The van der Waals surface area contributed by atoms with Crippen molar-refractivity contribution in [2.75, 3.05) is 0 Å². The first-order chi connectivity index (χ1) is 12.7. The fourth-order valence-electron chi connectivity index (χ4n) is 2.71. The molecule has 0 bridgehead atoms. The molecule has 8 heteroatoms. The standard InChI is InChI=1S/C19H21NO6S/c1-13-12-16(21)9-6-14(13)4-2-3-5-18(22)20-27(25,26)17-10-7-15(8-11-17)19(23)24/h6-8,10-12H,2-5,9H2,1H3,(H,20,22)(H,23,24). The fourth-order valence-corrected chi connectivity index (χ4v) is 3.73. The fraction of sp³-hybridized carbons (Fsp3) is 0.316. The maximum Gasteiger partial charge on any atom is 0.335 e. The molecule has 0 aromatic heterocycles. The van der Waals surface area contributed by atoms with Crippen LogP contribution in [0.5, 0.6) is 0 Å². The molecule has 0 saturated heterocycles. The molecule has 1 amide bonds. The van der Waals surface area contributed by atoms with Crippen LogP contribution >= 0.6 is 0 Å². The summed E-state index contributed by atoms with van der Waals surface area (Å²) in [6, 6.07) is 4.62. The summed E-state index contributed by atoms with van der Waals surface area (Å²) in [5.74, 6) is -1.69. The molecule has 0 atom stereocenters. The molecule has 0 unspecified atom stereocenters. The van der Waals surface area contributed by atoms with E-state index in [9.17, 15) is 22.8 Å². The third kappa shape index (κ3) is 5.89. The highest BCUT2D eigenvalue weighted by atomic mass is 32.2. The predicted molar refractivity (Wildman–Crippen MR) is 98.7 cm³/mol. The highest BCUT2D eigenvalue weighted by molar-refractivity contribution is 7.90. The van der Waals surface area contributed by atoms with Crippen LogP contribution in [0, 0.1) is 0 Å². The van der Waals surface area contributed by atoms with Crippen LogP contribution < -0.4 is 4.72 Å². The quantitative estimate of drug-likeness (QED) is 0.658. The van der Waals surface area contributed by atoms with Gasteiger partial charge < -0.3 is 5.11 Å². The van der Waals surface area contributed by atoms with Gasteiger partial charge in [-0.3, -0.25) is 9.59 Å². The molecule has 27 heavy (non-hydrogen) atoms. The van der Waals surface area contributed by atoms with Gasteiger partial charge in [0.05, 0.1) is 10.5 Å². The zero-order valence-corrected chi connectivity index (χ0v) is 15.7. The van der Waals surface area contributed by atoms with Gasteiger partial charge in [-0.05, 0) is 67.7 Å². The summed E-state index contributed by atoms with van der Waals surface area (Å²) in [6.45, 7) is 1.87. The van der Waals surface area contributed by atoms with Crippen molar-refractivity contribution >= 4 is 27.7 Å². The predicted octanol–water partition coefficient (Wildman–Crippen LogP) is 2.60. The summed E-state index contributed by atoms with van der Waals surface area (Å²) in [6.07, 6.45) is 5.90. The number of carbonyl (C=O) groups excluding carboxylic acids is 2. The van der Waals surface area contributed by atoms with Crippen LogP contribution in [-0.2, 0) is 19.6 Å². The molecular weight excluding hydrogens is 370 g/mol. The monoisotopic (exact) mass is 391 g/mol. The number of hydrogen-bond acceptors (Lipinski definition) is 5. The Hall–Kier alpha value is -2.74. The van der Waals surface area contributed by atoms with E-state index >= 15 is 0 Å². The first-order valence-corrected chi connectivity index (χ1v) is 9.97. The SMILES string of the molecule is CC1=CC(=O)CC=C1CCCCC(=O)NS(=O)(=O)c1ccc(C(=O)O)cc1. The Bertz CT molecular complexity index is 910. The Kier molecular flexibility index (Phi) is 6.68. The minimum atomic E-state index is -4.02. The molecule has 0 saturated carbocycles. The van der Waals surface area contributed by atoms with Crippen LogP contribution in [0.1, 0.15) is 49.4 Å². The Morgan fingerprint density at radius 3 is 2.41 bits per heavy atom. The Morgan fingerprint density at radius 1 is 1.15 bits per heavy atom. The van der Waals surface area contributed by atoms with Crippen molar-refractivity contribution in [2.45, 2.75) is 43.9 Å². The molecule has 1 aliphatic rings. The topological polar surface area (TPSA) is 118 Å². The van der Waals surface area contributed by atoms with E-state index in [1.165, 1.54) is 12.1 Å². The molecule has 1 aromatic rings. The van der Waals surface area contributed by atoms with Gasteiger partial charge in [0.2, 0.25) is 5.91 Å².